The number of halogens is 1. The number of aromatic nitrogens is 3. The van der Waals surface area contributed by atoms with Gasteiger partial charge in [0.2, 0.25) is 5.91 Å². The average molecular weight is 342 g/mol. The van der Waals surface area contributed by atoms with E-state index >= 15 is 0 Å². The summed E-state index contributed by atoms with van der Waals surface area (Å²) in [6, 6.07) is 3.22. The Morgan fingerprint density at radius 3 is 2.94 bits per heavy atom. The quantitative estimate of drug-likeness (QED) is 0.869. The van der Waals surface area contributed by atoms with Crippen molar-refractivity contribution in [3.05, 3.63) is 40.5 Å². The molecule has 0 radical (unpaired) electrons. The van der Waals surface area contributed by atoms with Gasteiger partial charge in [0.25, 0.3) is 0 Å². The summed E-state index contributed by atoms with van der Waals surface area (Å²) < 4.78 is 2.64. The van der Waals surface area contributed by atoms with Gasteiger partial charge in [0.15, 0.2) is 0 Å². The lowest BCUT2D eigenvalue weighted by Gasteiger charge is -2.12. The second-order valence-corrected chi connectivity index (χ2v) is 4.79. The van der Waals surface area contributed by atoms with Crippen molar-refractivity contribution in [2.24, 2.45) is 0 Å². The van der Waals surface area contributed by atoms with E-state index in [2.05, 4.69) is 38.0 Å². The lowest BCUT2D eigenvalue weighted by atomic mass is 10.3. The normalized spacial score (nSPS) is 12.1. The first-order valence-corrected chi connectivity index (χ1v) is 6.15. The summed E-state index contributed by atoms with van der Waals surface area (Å²) in [4.78, 5) is 15.9. The molecule has 0 aliphatic carbocycles. The Kier molecular flexibility index (Phi) is 3.72. The van der Waals surface area contributed by atoms with Crippen LogP contribution in [0.4, 0.5) is 5.69 Å². The first-order chi connectivity index (χ1) is 8.16. The van der Waals surface area contributed by atoms with Gasteiger partial charge in [-0.3, -0.25) is 14.5 Å². The number of pyridine rings is 1. The Labute approximate surface area is 112 Å². The monoisotopic (exact) mass is 342 g/mol. The van der Waals surface area contributed by atoms with Gasteiger partial charge in [-0.1, -0.05) is 0 Å². The summed E-state index contributed by atoms with van der Waals surface area (Å²) in [6.07, 6.45) is 6.81. The number of hydrogen-bond acceptors (Lipinski definition) is 3. The largest absolute Gasteiger partial charge is 0.323 e. The van der Waals surface area contributed by atoms with Crippen LogP contribution >= 0.6 is 22.6 Å². The highest BCUT2D eigenvalue weighted by molar-refractivity contribution is 14.1. The number of nitrogens with one attached hydrogen (secondary N) is 1. The molecular weight excluding hydrogens is 331 g/mol. The van der Waals surface area contributed by atoms with Gasteiger partial charge in [-0.05, 0) is 41.6 Å². The van der Waals surface area contributed by atoms with E-state index in [4.69, 9.17) is 0 Å². The Bertz CT molecular complexity index is 511. The van der Waals surface area contributed by atoms with E-state index in [1.165, 1.54) is 0 Å². The predicted octanol–water partition coefficient (Wildman–Crippen LogP) is 2.08. The summed E-state index contributed by atoms with van der Waals surface area (Å²) in [5.41, 5.74) is 0.686. The van der Waals surface area contributed by atoms with Crippen LogP contribution in [0.3, 0.4) is 0 Å². The van der Waals surface area contributed by atoms with Gasteiger partial charge in [-0.25, -0.2) is 0 Å². The molecule has 0 aromatic carbocycles. The van der Waals surface area contributed by atoms with Crippen molar-refractivity contribution in [3.8, 4) is 0 Å². The molecule has 0 spiro atoms. The SMILES string of the molecule is CC(C(=O)Nc1cccnc1)n1cc(I)cn1. The zero-order chi connectivity index (χ0) is 12.3. The van der Waals surface area contributed by atoms with Crippen LogP contribution in [0.25, 0.3) is 0 Å². The standard InChI is InChI=1S/C11H11IN4O/c1-8(16-7-9(12)5-14-16)11(17)15-10-3-2-4-13-6-10/h2-8H,1H3,(H,15,17). The molecule has 0 fully saturated rings. The minimum Gasteiger partial charge on any atom is -0.323 e. The van der Waals surface area contributed by atoms with E-state index in [1.54, 1.807) is 42.3 Å². The summed E-state index contributed by atoms with van der Waals surface area (Å²) in [5.74, 6) is -0.113. The lowest BCUT2D eigenvalue weighted by molar-refractivity contribution is -0.119. The molecule has 2 aromatic rings. The van der Waals surface area contributed by atoms with E-state index in [9.17, 15) is 4.79 Å². The van der Waals surface area contributed by atoms with Crippen LogP contribution in [0.15, 0.2) is 36.9 Å². The Balaban J connectivity index is 2.06. The second-order valence-electron chi connectivity index (χ2n) is 3.55. The van der Waals surface area contributed by atoms with E-state index in [0.717, 1.165) is 3.57 Å². The van der Waals surface area contributed by atoms with Crippen LogP contribution in [-0.4, -0.2) is 20.7 Å². The topological polar surface area (TPSA) is 59.8 Å². The molecule has 0 aliphatic heterocycles. The van der Waals surface area contributed by atoms with E-state index < -0.39 is 0 Å². The van der Waals surface area contributed by atoms with Crippen molar-refractivity contribution >= 4 is 34.2 Å². The van der Waals surface area contributed by atoms with Crippen molar-refractivity contribution in [3.63, 3.8) is 0 Å². The van der Waals surface area contributed by atoms with E-state index in [0.29, 0.717) is 5.69 Å². The first-order valence-electron chi connectivity index (χ1n) is 5.07. The molecule has 2 rings (SSSR count). The molecule has 17 heavy (non-hydrogen) atoms. The minimum atomic E-state index is -0.348. The Morgan fingerprint density at radius 2 is 2.35 bits per heavy atom. The van der Waals surface area contributed by atoms with Crippen molar-refractivity contribution in [2.45, 2.75) is 13.0 Å². The van der Waals surface area contributed by atoms with E-state index in [-0.39, 0.29) is 11.9 Å². The van der Waals surface area contributed by atoms with Gasteiger partial charge >= 0.3 is 0 Å². The molecule has 1 amide bonds. The number of nitrogens with zero attached hydrogens (tertiary/aromatic N) is 3. The summed E-state index contributed by atoms with van der Waals surface area (Å²) in [5, 5.41) is 6.90. The number of hydrogen-bond donors (Lipinski definition) is 1. The highest BCUT2D eigenvalue weighted by Crippen LogP contribution is 2.11. The average Bonchev–Trinajstić information content (AvgIpc) is 2.76. The van der Waals surface area contributed by atoms with Crippen LogP contribution < -0.4 is 5.32 Å². The van der Waals surface area contributed by atoms with Gasteiger partial charge in [-0.2, -0.15) is 5.10 Å². The maximum atomic E-state index is 11.9. The molecule has 0 saturated heterocycles. The molecule has 0 aliphatic rings. The molecule has 1 atom stereocenters. The van der Waals surface area contributed by atoms with Gasteiger partial charge in [0.1, 0.15) is 6.04 Å². The molecular formula is C11H11IN4O. The van der Waals surface area contributed by atoms with Crippen LogP contribution in [0, 0.1) is 3.57 Å². The highest BCUT2D eigenvalue weighted by Gasteiger charge is 2.15. The molecule has 1 N–H and O–H groups in total. The summed E-state index contributed by atoms with van der Waals surface area (Å²) in [6.45, 7) is 1.80. The fourth-order valence-electron chi connectivity index (χ4n) is 1.33. The summed E-state index contributed by atoms with van der Waals surface area (Å²) in [7, 11) is 0. The molecule has 1 unspecified atom stereocenters. The number of carbonyl (C=O) groups is 1. The minimum absolute atomic E-state index is 0.113. The van der Waals surface area contributed by atoms with Crippen molar-refractivity contribution in [1.29, 1.82) is 0 Å². The molecule has 0 saturated carbocycles. The Hall–Kier alpha value is -1.44. The van der Waals surface area contributed by atoms with Gasteiger partial charge in [0, 0.05) is 12.4 Å². The zero-order valence-corrected chi connectivity index (χ0v) is 11.3. The molecule has 5 nitrogen and oxygen atoms in total. The lowest BCUT2D eigenvalue weighted by Crippen LogP contribution is -2.24. The maximum absolute atomic E-state index is 11.9. The molecule has 88 valence electrons. The van der Waals surface area contributed by atoms with Crippen LogP contribution in [0.5, 0.6) is 0 Å². The van der Waals surface area contributed by atoms with Crippen LogP contribution in [0.2, 0.25) is 0 Å². The van der Waals surface area contributed by atoms with Gasteiger partial charge < -0.3 is 5.32 Å². The number of anilines is 1. The van der Waals surface area contributed by atoms with Crippen molar-refractivity contribution in [1.82, 2.24) is 14.8 Å². The fraction of sp³-hybridized carbons (Fsp3) is 0.182. The number of amides is 1. The van der Waals surface area contributed by atoms with E-state index in [1.807, 2.05) is 6.20 Å². The van der Waals surface area contributed by atoms with Crippen molar-refractivity contribution in [2.75, 3.05) is 5.32 Å². The smallest absolute Gasteiger partial charge is 0.248 e. The van der Waals surface area contributed by atoms with Crippen LogP contribution in [0.1, 0.15) is 13.0 Å². The zero-order valence-electron chi connectivity index (χ0n) is 9.17. The predicted molar refractivity (Wildman–Crippen MR) is 72.5 cm³/mol. The Morgan fingerprint density at radius 1 is 1.53 bits per heavy atom. The third-order valence-electron chi connectivity index (χ3n) is 2.28. The molecule has 2 heterocycles. The highest BCUT2D eigenvalue weighted by atomic mass is 127. The molecule has 2 aromatic heterocycles. The van der Waals surface area contributed by atoms with Crippen LogP contribution in [-0.2, 0) is 4.79 Å². The van der Waals surface area contributed by atoms with Gasteiger partial charge in [0.05, 0.1) is 21.7 Å². The van der Waals surface area contributed by atoms with Gasteiger partial charge in [-0.15, -0.1) is 0 Å². The fourth-order valence-corrected chi connectivity index (χ4v) is 1.74. The summed E-state index contributed by atoms with van der Waals surface area (Å²) >= 11 is 2.16. The second kappa shape index (κ2) is 5.26. The number of carbonyl (C=O) groups excluding carboxylic acids is 1. The number of rotatable bonds is 3. The molecule has 0 bridgehead atoms. The maximum Gasteiger partial charge on any atom is 0.248 e. The first kappa shape index (κ1) is 12.0. The molecule has 6 heteroatoms. The van der Waals surface area contributed by atoms with Crippen molar-refractivity contribution < 1.29 is 4.79 Å². The third-order valence-corrected chi connectivity index (χ3v) is 2.83. The third kappa shape index (κ3) is 3.02.